The number of phenolic OH excluding ortho intramolecular Hbond substituents is 1. The number of rotatable bonds is 4. The molecule has 0 spiro atoms. The monoisotopic (exact) mass is 230 g/mol. The Morgan fingerprint density at radius 1 is 1.40 bits per heavy atom. The summed E-state index contributed by atoms with van der Waals surface area (Å²) in [5.74, 6) is 0.287. The van der Waals surface area contributed by atoms with Gasteiger partial charge in [0.1, 0.15) is 5.75 Å². The quantitative estimate of drug-likeness (QED) is 0.739. The molecule has 0 bridgehead atoms. The Bertz CT molecular complexity index is 305. The molecule has 0 aliphatic rings. The summed E-state index contributed by atoms with van der Waals surface area (Å²) in [6, 6.07) is 5.46. The van der Waals surface area contributed by atoms with E-state index >= 15 is 0 Å². The number of aromatic hydroxyl groups is 1. The van der Waals surface area contributed by atoms with Crippen LogP contribution in [0.3, 0.4) is 0 Å². The van der Waals surface area contributed by atoms with Crippen LogP contribution in [0.4, 0.5) is 0 Å². The van der Waals surface area contributed by atoms with E-state index in [9.17, 15) is 5.11 Å². The molecule has 0 radical (unpaired) electrons. The molecule has 0 heterocycles. The van der Waals surface area contributed by atoms with Crippen molar-refractivity contribution in [2.75, 3.05) is 6.54 Å². The van der Waals surface area contributed by atoms with Crippen molar-refractivity contribution in [2.45, 2.75) is 25.8 Å². The van der Waals surface area contributed by atoms with Crippen molar-refractivity contribution < 1.29 is 5.11 Å². The molecule has 0 saturated carbocycles. The van der Waals surface area contributed by atoms with Crippen molar-refractivity contribution >= 4 is 12.4 Å². The van der Waals surface area contributed by atoms with Crippen LogP contribution in [-0.4, -0.2) is 11.7 Å². The highest BCUT2D eigenvalue weighted by Crippen LogP contribution is 2.26. The normalized spacial score (nSPS) is 11.9. The van der Waals surface area contributed by atoms with Crippen LogP contribution < -0.4 is 11.5 Å². The van der Waals surface area contributed by atoms with Gasteiger partial charge in [0.05, 0.1) is 0 Å². The molecule has 0 aromatic heterocycles. The fourth-order valence-corrected chi connectivity index (χ4v) is 1.46. The topological polar surface area (TPSA) is 72.3 Å². The molecule has 0 aliphatic carbocycles. The molecule has 1 rings (SSSR count). The number of halogens is 1. The molecule has 1 atom stereocenters. The van der Waals surface area contributed by atoms with E-state index in [1.54, 1.807) is 6.07 Å². The summed E-state index contributed by atoms with van der Waals surface area (Å²) in [6.07, 6.45) is 1.70. The van der Waals surface area contributed by atoms with Crippen LogP contribution in [0.2, 0.25) is 0 Å². The minimum atomic E-state index is -0.112. The van der Waals surface area contributed by atoms with Crippen LogP contribution in [0.1, 0.15) is 30.0 Å². The lowest BCUT2D eigenvalue weighted by atomic mass is 10.0. The molecule has 3 nitrogen and oxygen atoms in total. The zero-order chi connectivity index (χ0) is 10.6. The minimum Gasteiger partial charge on any atom is -0.508 e. The van der Waals surface area contributed by atoms with Gasteiger partial charge in [-0.1, -0.05) is 12.1 Å². The Morgan fingerprint density at radius 3 is 2.60 bits per heavy atom. The maximum absolute atomic E-state index is 9.65. The average Bonchev–Trinajstić information content (AvgIpc) is 2.14. The molecular weight excluding hydrogens is 212 g/mol. The van der Waals surface area contributed by atoms with Gasteiger partial charge in [0, 0.05) is 11.6 Å². The standard InChI is InChI=1S/C11H18N2O.ClH/c1-8-4-5-9(11(14)7-8)10(13)3-2-6-12;/h4-5,7,10,14H,2-3,6,12-13H2,1H3;1H/t10-;/m0./s1. The molecule has 0 amide bonds. The van der Waals surface area contributed by atoms with Crippen molar-refractivity contribution in [3.8, 4) is 5.75 Å². The second kappa shape index (κ2) is 6.67. The summed E-state index contributed by atoms with van der Waals surface area (Å²) >= 11 is 0. The number of hydrogen-bond acceptors (Lipinski definition) is 3. The van der Waals surface area contributed by atoms with Crippen LogP contribution in [0, 0.1) is 6.92 Å². The average molecular weight is 231 g/mol. The van der Waals surface area contributed by atoms with Crippen molar-refractivity contribution in [1.82, 2.24) is 0 Å². The highest BCUT2D eigenvalue weighted by molar-refractivity contribution is 5.85. The number of benzene rings is 1. The van der Waals surface area contributed by atoms with Crippen LogP contribution in [0.25, 0.3) is 0 Å². The fourth-order valence-electron chi connectivity index (χ4n) is 1.46. The summed E-state index contributed by atoms with van der Waals surface area (Å²) < 4.78 is 0. The maximum Gasteiger partial charge on any atom is 0.120 e. The van der Waals surface area contributed by atoms with E-state index in [0.29, 0.717) is 6.54 Å². The lowest BCUT2D eigenvalue weighted by molar-refractivity contribution is 0.457. The lowest BCUT2D eigenvalue weighted by Gasteiger charge is -2.13. The van der Waals surface area contributed by atoms with Gasteiger partial charge >= 0.3 is 0 Å². The van der Waals surface area contributed by atoms with Crippen molar-refractivity contribution in [2.24, 2.45) is 11.5 Å². The zero-order valence-corrected chi connectivity index (χ0v) is 9.76. The molecule has 86 valence electrons. The summed E-state index contributed by atoms with van der Waals surface area (Å²) in [4.78, 5) is 0. The van der Waals surface area contributed by atoms with Gasteiger partial charge in [-0.25, -0.2) is 0 Å². The molecule has 0 saturated heterocycles. The minimum absolute atomic E-state index is 0. The van der Waals surface area contributed by atoms with E-state index in [1.807, 2.05) is 19.1 Å². The van der Waals surface area contributed by atoms with Crippen LogP contribution in [-0.2, 0) is 0 Å². The Morgan fingerprint density at radius 2 is 2.07 bits per heavy atom. The zero-order valence-electron chi connectivity index (χ0n) is 8.94. The highest BCUT2D eigenvalue weighted by Gasteiger charge is 2.09. The molecule has 4 heteroatoms. The van der Waals surface area contributed by atoms with Crippen molar-refractivity contribution in [3.05, 3.63) is 29.3 Å². The van der Waals surface area contributed by atoms with Gasteiger partial charge in [-0.05, 0) is 37.9 Å². The Kier molecular flexibility index (Phi) is 6.32. The molecule has 15 heavy (non-hydrogen) atoms. The number of phenols is 1. The third-order valence-electron chi connectivity index (χ3n) is 2.30. The first-order valence-electron chi connectivity index (χ1n) is 4.90. The van der Waals surface area contributed by atoms with Gasteiger partial charge in [-0.3, -0.25) is 0 Å². The predicted octanol–water partition coefficient (Wildman–Crippen LogP) is 1.86. The van der Waals surface area contributed by atoms with E-state index in [-0.39, 0.29) is 24.2 Å². The summed E-state index contributed by atoms with van der Waals surface area (Å²) in [5, 5.41) is 9.65. The molecular formula is C11H19ClN2O. The first-order valence-corrected chi connectivity index (χ1v) is 4.90. The van der Waals surface area contributed by atoms with E-state index in [1.165, 1.54) is 0 Å². The van der Waals surface area contributed by atoms with E-state index in [4.69, 9.17) is 11.5 Å². The summed E-state index contributed by atoms with van der Waals surface area (Å²) in [6.45, 7) is 2.58. The van der Waals surface area contributed by atoms with E-state index < -0.39 is 0 Å². The highest BCUT2D eigenvalue weighted by atomic mass is 35.5. The second-order valence-electron chi connectivity index (χ2n) is 3.60. The molecule has 1 aromatic carbocycles. The number of aryl methyl sites for hydroxylation is 1. The Balaban J connectivity index is 0.00000196. The largest absolute Gasteiger partial charge is 0.508 e. The number of nitrogens with two attached hydrogens (primary N) is 2. The van der Waals surface area contributed by atoms with Crippen LogP contribution >= 0.6 is 12.4 Å². The van der Waals surface area contributed by atoms with Crippen molar-refractivity contribution in [3.63, 3.8) is 0 Å². The SMILES string of the molecule is Cc1ccc([C@@H](N)CCCN)c(O)c1.Cl. The molecule has 1 aromatic rings. The van der Waals surface area contributed by atoms with Gasteiger partial charge in [-0.2, -0.15) is 0 Å². The maximum atomic E-state index is 9.65. The van der Waals surface area contributed by atoms with Gasteiger partial charge < -0.3 is 16.6 Å². The van der Waals surface area contributed by atoms with E-state index in [0.717, 1.165) is 24.0 Å². The van der Waals surface area contributed by atoms with Gasteiger partial charge in [0.2, 0.25) is 0 Å². The third kappa shape index (κ3) is 4.08. The Hall–Kier alpha value is -0.770. The molecule has 0 unspecified atom stereocenters. The molecule has 5 N–H and O–H groups in total. The first kappa shape index (κ1) is 14.2. The van der Waals surface area contributed by atoms with Crippen molar-refractivity contribution in [1.29, 1.82) is 0 Å². The summed E-state index contributed by atoms with van der Waals surface area (Å²) in [7, 11) is 0. The van der Waals surface area contributed by atoms with E-state index in [2.05, 4.69) is 0 Å². The molecule has 0 fully saturated rings. The fraction of sp³-hybridized carbons (Fsp3) is 0.455. The Labute approximate surface area is 96.9 Å². The predicted molar refractivity (Wildman–Crippen MR) is 65.3 cm³/mol. The van der Waals surface area contributed by atoms with Crippen LogP contribution in [0.5, 0.6) is 5.75 Å². The smallest absolute Gasteiger partial charge is 0.120 e. The molecule has 0 aliphatic heterocycles. The van der Waals surface area contributed by atoms with Gasteiger partial charge in [0.25, 0.3) is 0 Å². The van der Waals surface area contributed by atoms with Gasteiger partial charge in [-0.15, -0.1) is 12.4 Å². The third-order valence-corrected chi connectivity index (χ3v) is 2.30. The van der Waals surface area contributed by atoms with Crippen LogP contribution in [0.15, 0.2) is 18.2 Å². The first-order chi connectivity index (χ1) is 6.65. The second-order valence-corrected chi connectivity index (χ2v) is 3.60. The van der Waals surface area contributed by atoms with Gasteiger partial charge in [0.15, 0.2) is 0 Å². The number of hydrogen-bond donors (Lipinski definition) is 3. The lowest BCUT2D eigenvalue weighted by Crippen LogP contribution is -2.12. The summed E-state index contributed by atoms with van der Waals surface area (Å²) in [5.41, 5.74) is 13.2.